The van der Waals surface area contributed by atoms with Crippen molar-refractivity contribution >= 4 is 30.3 Å². The predicted octanol–water partition coefficient (Wildman–Crippen LogP) is 3.07. The average Bonchev–Trinajstić information content (AvgIpc) is 3.77. The van der Waals surface area contributed by atoms with Gasteiger partial charge in [0.15, 0.2) is 0 Å². The second-order valence-corrected chi connectivity index (χ2v) is 18.3. The van der Waals surface area contributed by atoms with Crippen LogP contribution in [0.3, 0.4) is 0 Å². The van der Waals surface area contributed by atoms with Crippen LogP contribution in [0.1, 0.15) is 103 Å². The molecular weight excluding hydrogens is 595 g/mol. The summed E-state index contributed by atoms with van der Waals surface area (Å²) < 4.78 is 0. The Labute approximate surface area is 271 Å². The van der Waals surface area contributed by atoms with Crippen LogP contribution in [0.25, 0.3) is 0 Å². The van der Waals surface area contributed by atoms with E-state index in [4.69, 9.17) is 22.2 Å². The van der Waals surface area contributed by atoms with Gasteiger partial charge >= 0.3 is 0 Å². The normalized spacial score (nSPS) is 54.0. The lowest BCUT2D eigenvalue weighted by molar-refractivity contribution is 0.167. The summed E-state index contributed by atoms with van der Waals surface area (Å²) in [6.45, 7) is 0. The summed E-state index contributed by atoms with van der Waals surface area (Å²) >= 11 is 9.81. The average molecular weight is 654 g/mol. The van der Waals surface area contributed by atoms with E-state index in [0.29, 0.717) is 49.3 Å². The Kier molecular flexibility index (Phi) is 9.69. The van der Waals surface area contributed by atoms with Gasteiger partial charge in [-0.25, -0.2) is 0 Å². The van der Waals surface area contributed by atoms with Crippen LogP contribution >= 0.6 is 22.2 Å². The van der Waals surface area contributed by atoms with Crippen molar-refractivity contribution in [3.8, 4) is 0 Å². The molecule has 4 aliphatic carbocycles. The van der Waals surface area contributed by atoms with Gasteiger partial charge in [-0.3, -0.25) is 42.5 Å². The van der Waals surface area contributed by atoms with E-state index in [-0.39, 0.29) is 0 Å². The lowest BCUT2D eigenvalue weighted by Gasteiger charge is -2.35. The molecule has 43 heavy (non-hydrogen) atoms. The minimum atomic E-state index is -0.639. The van der Waals surface area contributed by atoms with Crippen molar-refractivity contribution in [3.05, 3.63) is 0 Å². The zero-order valence-electron chi connectivity index (χ0n) is 26.0. The highest BCUT2D eigenvalue weighted by Gasteiger charge is 2.54. The molecule has 0 amide bonds. The Bertz CT molecular complexity index is 743. The molecule has 11 heteroatoms. The molecule has 0 aromatic rings. The Morgan fingerprint density at radius 2 is 0.395 bits per heavy atom. The minimum absolute atomic E-state index is 0.420. The fourth-order valence-corrected chi connectivity index (χ4v) is 12.0. The van der Waals surface area contributed by atoms with Crippen LogP contribution in [-0.2, 0) is 0 Å². The molecule has 5 heterocycles. The number of halogens is 2. The largest absolute Gasteiger partial charge is 0.286 e. The first-order chi connectivity index (χ1) is 21.2. The highest BCUT2D eigenvalue weighted by molar-refractivity contribution is 7.22. The van der Waals surface area contributed by atoms with Gasteiger partial charge in [0.1, 0.15) is 0 Å². The monoisotopic (exact) mass is 652 g/mol. The summed E-state index contributed by atoms with van der Waals surface area (Å²) in [6.07, 6.45) is 25.6. The van der Waals surface area contributed by atoms with Crippen LogP contribution in [-0.4, -0.2) is 57.5 Å². The molecule has 8 unspecified atom stereocenters. The molecule has 0 aromatic heterocycles. The summed E-state index contributed by atoms with van der Waals surface area (Å²) in [5, 5.41) is 33.8. The SMILES string of the molecule is C1CCC2C3NC(NC4NC(NC5NC(NC6NC(N3)C3CCCCC63)C3CCCCC53)C3CCCCC43)C2C1.Cl[SiH2]Cl. The highest BCUT2D eigenvalue weighted by atomic mass is 35.7. The molecule has 5 aliphatic heterocycles. The van der Waals surface area contributed by atoms with Gasteiger partial charge in [0.05, 0.1) is 49.3 Å². The fourth-order valence-electron chi connectivity index (χ4n) is 12.0. The summed E-state index contributed by atoms with van der Waals surface area (Å²) in [4.78, 5) is 0. The molecule has 9 fully saturated rings. The quantitative estimate of drug-likeness (QED) is 0.150. The molecule has 0 radical (unpaired) electrons. The van der Waals surface area contributed by atoms with Crippen LogP contribution in [0.5, 0.6) is 0 Å². The first-order valence-electron chi connectivity index (χ1n) is 18.4. The smallest absolute Gasteiger partial charge is 0.222 e. The van der Waals surface area contributed by atoms with Gasteiger partial charge in [0, 0.05) is 0 Å². The molecule has 0 aromatic carbocycles. The lowest BCUT2D eigenvalue weighted by atomic mass is 9.76. The summed E-state index contributed by atoms with van der Waals surface area (Å²) in [5.74, 6) is 5.97. The molecule has 0 spiro atoms. The Balaban J connectivity index is 0.000000892. The number of hydrogen-bond acceptors (Lipinski definition) is 8. The van der Waals surface area contributed by atoms with Crippen molar-refractivity contribution < 1.29 is 0 Å². The number of hydrogen-bond donors (Lipinski definition) is 8. The first kappa shape index (κ1) is 30.8. The van der Waals surface area contributed by atoms with Crippen molar-refractivity contribution in [2.45, 2.75) is 152 Å². The second kappa shape index (κ2) is 13.5. The van der Waals surface area contributed by atoms with Crippen LogP contribution in [0.4, 0.5) is 0 Å². The van der Waals surface area contributed by atoms with Crippen molar-refractivity contribution in [2.75, 3.05) is 0 Å². The summed E-state index contributed by atoms with van der Waals surface area (Å²) in [5.41, 5.74) is 0. The van der Waals surface area contributed by atoms with E-state index in [0.717, 1.165) is 47.3 Å². The molecular formula is C32H58Cl2N8Si. The molecule has 9 aliphatic rings. The van der Waals surface area contributed by atoms with E-state index in [2.05, 4.69) is 42.5 Å². The van der Waals surface area contributed by atoms with Gasteiger partial charge < -0.3 is 0 Å². The topological polar surface area (TPSA) is 96.2 Å². The molecule has 4 saturated carbocycles. The Morgan fingerprint density at radius 1 is 0.279 bits per heavy atom. The third-order valence-corrected chi connectivity index (χ3v) is 13.8. The molecule has 5 saturated heterocycles. The lowest BCUT2D eigenvalue weighted by Crippen LogP contribution is -2.61. The molecule has 8 nitrogen and oxygen atoms in total. The van der Waals surface area contributed by atoms with Gasteiger partial charge in [-0.1, -0.05) is 51.4 Å². The number of fused-ring (bicyclic) bond motifs is 20. The Morgan fingerprint density at radius 3 is 0.512 bits per heavy atom. The van der Waals surface area contributed by atoms with Crippen molar-refractivity contribution in [1.29, 1.82) is 0 Å². The van der Waals surface area contributed by atoms with Gasteiger partial charge in [0.2, 0.25) is 8.14 Å². The van der Waals surface area contributed by atoms with Crippen LogP contribution in [0, 0.1) is 47.3 Å². The second-order valence-electron chi connectivity index (χ2n) is 15.7. The van der Waals surface area contributed by atoms with Crippen LogP contribution in [0.15, 0.2) is 0 Å². The third-order valence-electron chi connectivity index (χ3n) is 13.8. The highest BCUT2D eigenvalue weighted by Crippen LogP contribution is 2.45. The van der Waals surface area contributed by atoms with Gasteiger partial charge in [0.25, 0.3) is 0 Å². The number of rotatable bonds is 0. The molecule has 9 rings (SSSR count). The van der Waals surface area contributed by atoms with Crippen molar-refractivity contribution in [2.24, 2.45) is 47.3 Å². The molecule has 8 atom stereocenters. The van der Waals surface area contributed by atoms with E-state index >= 15 is 0 Å². The van der Waals surface area contributed by atoms with E-state index in [1.54, 1.807) is 0 Å². The van der Waals surface area contributed by atoms with Gasteiger partial charge in [-0.2, -0.15) is 22.2 Å². The van der Waals surface area contributed by atoms with E-state index < -0.39 is 8.14 Å². The first-order valence-corrected chi connectivity index (χ1v) is 22.7. The maximum Gasteiger partial charge on any atom is 0.222 e. The maximum atomic E-state index is 4.90. The molecule has 244 valence electrons. The zero-order chi connectivity index (χ0) is 28.9. The zero-order valence-corrected chi connectivity index (χ0v) is 28.9. The minimum Gasteiger partial charge on any atom is -0.286 e. The van der Waals surface area contributed by atoms with Crippen LogP contribution < -0.4 is 42.5 Å². The van der Waals surface area contributed by atoms with E-state index in [1.165, 1.54) is 103 Å². The van der Waals surface area contributed by atoms with E-state index in [1.807, 2.05) is 0 Å². The molecule has 8 N–H and O–H groups in total. The summed E-state index contributed by atoms with van der Waals surface area (Å²) in [6, 6.07) is 0. The van der Waals surface area contributed by atoms with Crippen LogP contribution in [0.2, 0.25) is 0 Å². The van der Waals surface area contributed by atoms with E-state index in [9.17, 15) is 0 Å². The van der Waals surface area contributed by atoms with Gasteiger partial charge in [-0.05, 0) is 98.7 Å². The van der Waals surface area contributed by atoms with Crippen molar-refractivity contribution in [3.63, 3.8) is 0 Å². The standard InChI is InChI=1S/C32H56N8.Cl2H2Si/c1-2-10-18-17(9-1)25-33-26(18)38-28-21-13-5-6-14-22(21)30(35-28)40-32-24-16-8-7-15-23(24)31(36-32)39-29-20-12-4-3-11-19(20)27(34-29)37-25;1-3-2/h17-40H,1-16H2;3H2. The predicted molar refractivity (Wildman–Crippen MR) is 177 cm³/mol. The maximum absolute atomic E-state index is 4.90. The number of nitrogens with one attached hydrogen (secondary N) is 8. The van der Waals surface area contributed by atoms with Crippen molar-refractivity contribution in [1.82, 2.24) is 42.5 Å². The summed E-state index contributed by atoms with van der Waals surface area (Å²) in [7, 11) is -0.639. The third kappa shape index (κ3) is 5.91. The van der Waals surface area contributed by atoms with Gasteiger partial charge in [-0.15, -0.1) is 0 Å². The fraction of sp³-hybridized carbons (Fsp3) is 1.00. The molecule has 8 bridgehead atoms. The Hall–Kier alpha value is 0.477.